The second-order valence-electron chi connectivity index (χ2n) is 6.18. The molecule has 1 aromatic heterocycles. The van der Waals surface area contributed by atoms with Gasteiger partial charge in [-0.25, -0.2) is 19.4 Å². The molecule has 0 bridgehead atoms. The third-order valence-electron chi connectivity index (χ3n) is 4.13. The summed E-state index contributed by atoms with van der Waals surface area (Å²) in [5.41, 5.74) is 8.12. The first-order chi connectivity index (χ1) is 14.0. The highest BCUT2D eigenvalue weighted by molar-refractivity contribution is 6.32. The number of amidine groups is 1. The molecule has 3 aromatic rings. The number of nitrogens with one attached hydrogen (secondary N) is 2. The van der Waals surface area contributed by atoms with Crippen molar-refractivity contribution in [1.29, 1.82) is 5.41 Å². The first-order valence-electron chi connectivity index (χ1n) is 8.80. The van der Waals surface area contributed by atoms with E-state index in [0.29, 0.717) is 53.1 Å². The lowest BCUT2D eigenvalue weighted by atomic mass is 10.1. The maximum absolute atomic E-state index is 13.2. The SMILES string of the molecule is N=CN=C(N)CCCNC(=O)c1ccc2nc(Cl)c(-c3ccc(F)cc3)nc2c1. The number of nitrogens with zero attached hydrogens (tertiary/aromatic N) is 3. The smallest absolute Gasteiger partial charge is 0.251 e. The van der Waals surface area contributed by atoms with E-state index in [-0.39, 0.29) is 16.9 Å². The van der Waals surface area contributed by atoms with Crippen molar-refractivity contribution >= 4 is 40.7 Å². The van der Waals surface area contributed by atoms with Gasteiger partial charge in [-0.15, -0.1) is 0 Å². The number of rotatable bonds is 7. The lowest BCUT2D eigenvalue weighted by Crippen LogP contribution is -2.25. The molecule has 9 heteroatoms. The van der Waals surface area contributed by atoms with Crippen LogP contribution in [0.1, 0.15) is 23.2 Å². The number of nitrogens with two attached hydrogens (primary N) is 1. The van der Waals surface area contributed by atoms with Gasteiger partial charge in [-0.1, -0.05) is 11.6 Å². The van der Waals surface area contributed by atoms with Crippen molar-refractivity contribution in [2.45, 2.75) is 12.8 Å². The van der Waals surface area contributed by atoms with Crippen molar-refractivity contribution in [3.63, 3.8) is 0 Å². The number of hydrogen-bond donors (Lipinski definition) is 3. The van der Waals surface area contributed by atoms with Gasteiger partial charge in [0, 0.05) is 24.1 Å². The molecule has 0 saturated heterocycles. The monoisotopic (exact) mass is 412 g/mol. The predicted octanol–water partition coefficient (Wildman–Crippen LogP) is 3.56. The summed E-state index contributed by atoms with van der Waals surface area (Å²) in [5.74, 6) is -0.265. The van der Waals surface area contributed by atoms with Crippen molar-refractivity contribution in [3.05, 3.63) is 59.0 Å². The fourth-order valence-corrected chi connectivity index (χ4v) is 2.93. The summed E-state index contributed by atoms with van der Waals surface area (Å²) in [5, 5.41) is 9.86. The molecule has 0 aliphatic carbocycles. The van der Waals surface area contributed by atoms with E-state index < -0.39 is 0 Å². The molecule has 0 aliphatic rings. The van der Waals surface area contributed by atoms with Gasteiger partial charge in [0.05, 0.1) is 11.0 Å². The molecule has 1 heterocycles. The van der Waals surface area contributed by atoms with E-state index in [9.17, 15) is 9.18 Å². The van der Waals surface area contributed by atoms with Crippen LogP contribution < -0.4 is 11.1 Å². The minimum absolute atomic E-state index is 0.200. The Morgan fingerprint density at radius 1 is 1.21 bits per heavy atom. The summed E-state index contributed by atoms with van der Waals surface area (Å²) in [4.78, 5) is 24.9. The van der Waals surface area contributed by atoms with Gasteiger partial charge in [0.25, 0.3) is 5.91 Å². The molecule has 29 heavy (non-hydrogen) atoms. The van der Waals surface area contributed by atoms with Gasteiger partial charge in [-0.3, -0.25) is 10.2 Å². The normalized spacial score (nSPS) is 11.4. The summed E-state index contributed by atoms with van der Waals surface area (Å²) >= 11 is 6.23. The number of aromatic nitrogens is 2. The molecular formula is C20H18ClFN6O. The van der Waals surface area contributed by atoms with Gasteiger partial charge < -0.3 is 11.1 Å². The first-order valence-corrected chi connectivity index (χ1v) is 9.18. The molecule has 1 amide bonds. The third-order valence-corrected chi connectivity index (χ3v) is 4.39. The van der Waals surface area contributed by atoms with Crippen LogP contribution in [0, 0.1) is 11.2 Å². The van der Waals surface area contributed by atoms with Gasteiger partial charge >= 0.3 is 0 Å². The van der Waals surface area contributed by atoms with Crippen LogP contribution >= 0.6 is 11.6 Å². The highest BCUT2D eigenvalue weighted by atomic mass is 35.5. The average Bonchev–Trinajstić information content (AvgIpc) is 2.71. The van der Waals surface area contributed by atoms with E-state index in [1.807, 2.05) is 0 Å². The second kappa shape index (κ2) is 9.20. The number of hydrogen-bond acceptors (Lipinski definition) is 4. The number of halogens is 2. The van der Waals surface area contributed by atoms with Crippen LogP contribution in [-0.2, 0) is 0 Å². The topological polar surface area (TPSA) is 117 Å². The molecule has 4 N–H and O–H groups in total. The number of carbonyl (C=O) groups excluding carboxylic acids is 1. The van der Waals surface area contributed by atoms with Crippen molar-refractivity contribution in [2.24, 2.45) is 10.7 Å². The summed E-state index contributed by atoms with van der Waals surface area (Å²) in [6.07, 6.45) is 1.97. The maximum atomic E-state index is 13.2. The van der Waals surface area contributed by atoms with Crippen LogP contribution in [0.2, 0.25) is 5.15 Å². The molecule has 0 fully saturated rings. The van der Waals surface area contributed by atoms with Crippen LogP contribution in [0.15, 0.2) is 47.5 Å². The van der Waals surface area contributed by atoms with E-state index in [4.69, 9.17) is 22.7 Å². The molecule has 0 unspecified atom stereocenters. The molecule has 7 nitrogen and oxygen atoms in total. The molecule has 3 rings (SSSR count). The van der Waals surface area contributed by atoms with E-state index in [1.54, 1.807) is 30.3 Å². The van der Waals surface area contributed by atoms with Crippen LogP contribution in [0.5, 0.6) is 0 Å². The van der Waals surface area contributed by atoms with Crippen molar-refractivity contribution < 1.29 is 9.18 Å². The summed E-state index contributed by atoms with van der Waals surface area (Å²) in [6, 6.07) is 10.7. The Labute approximate surface area is 171 Å². The highest BCUT2D eigenvalue weighted by Crippen LogP contribution is 2.27. The Hall–Kier alpha value is -3.39. The zero-order valence-corrected chi connectivity index (χ0v) is 16.1. The van der Waals surface area contributed by atoms with Crippen molar-refractivity contribution in [1.82, 2.24) is 15.3 Å². The molecule has 148 valence electrons. The van der Waals surface area contributed by atoms with Crippen LogP contribution in [0.3, 0.4) is 0 Å². The quantitative estimate of drug-likeness (QED) is 0.312. The van der Waals surface area contributed by atoms with Gasteiger partial charge in [0.2, 0.25) is 0 Å². The summed E-state index contributed by atoms with van der Waals surface area (Å²) < 4.78 is 13.2. The molecule has 0 atom stereocenters. The van der Waals surface area contributed by atoms with E-state index in [1.165, 1.54) is 12.1 Å². The zero-order valence-electron chi connectivity index (χ0n) is 15.3. The molecule has 2 aromatic carbocycles. The third kappa shape index (κ3) is 5.11. The van der Waals surface area contributed by atoms with Crippen LogP contribution in [-0.4, -0.2) is 34.6 Å². The molecule has 0 aliphatic heterocycles. The predicted molar refractivity (Wildman–Crippen MR) is 112 cm³/mol. The lowest BCUT2D eigenvalue weighted by Gasteiger charge is -2.08. The Morgan fingerprint density at radius 3 is 2.69 bits per heavy atom. The standard InChI is InChI=1S/C20H18ClFN6O/c21-19-18(12-3-6-14(22)7-4-12)27-16-10-13(5-8-15(16)28-19)20(29)25-9-1-2-17(24)26-11-23/h3-8,10-11H,1-2,9H2,(H,25,29)(H3,23,24,26). The lowest BCUT2D eigenvalue weighted by molar-refractivity contribution is 0.0953. The molecular weight excluding hydrogens is 395 g/mol. The molecule has 0 radical (unpaired) electrons. The Bertz CT molecular complexity index is 1080. The first kappa shape index (κ1) is 20.3. The van der Waals surface area contributed by atoms with Crippen LogP contribution in [0.4, 0.5) is 4.39 Å². The van der Waals surface area contributed by atoms with Crippen molar-refractivity contribution in [3.8, 4) is 11.3 Å². The number of fused-ring (bicyclic) bond motifs is 1. The van der Waals surface area contributed by atoms with Gasteiger partial charge in [-0.05, 0) is 48.9 Å². The molecule has 0 spiro atoms. The fourth-order valence-electron chi connectivity index (χ4n) is 2.69. The van der Waals surface area contributed by atoms with Gasteiger partial charge in [-0.2, -0.15) is 0 Å². The maximum Gasteiger partial charge on any atom is 0.251 e. The van der Waals surface area contributed by atoms with Crippen molar-refractivity contribution in [2.75, 3.05) is 6.54 Å². The van der Waals surface area contributed by atoms with Gasteiger partial charge in [0.15, 0.2) is 5.15 Å². The van der Waals surface area contributed by atoms with Gasteiger partial charge in [0.1, 0.15) is 23.7 Å². The van der Waals surface area contributed by atoms with E-state index >= 15 is 0 Å². The average molecular weight is 413 g/mol. The Balaban J connectivity index is 1.77. The van der Waals surface area contributed by atoms with E-state index in [0.717, 1.165) is 6.34 Å². The Morgan fingerprint density at radius 2 is 1.97 bits per heavy atom. The number of carbonyl (C=O) groups is 1. The second-order valence-corrected chi connectivity index (χ2v) is 6.54. The Kier molecular flexibility index (Phi) is 6.46. The van der Waals surface area contributed by atoms with Crippen LogP contribution in [0.25, 0.3) is 22.3 Å². The van der Waals surface area contributed by atoms with E-state index in [2.05, 4.69) is 20.3 Å². The fraction of sp³-hybridized carbons (Fsp3) is 0.150. The number of amides is 1. The minimum Gasteiger partial charge on any atom is -0.387 e. The summed E-state index contributed by atoms with van der Waals surface area (Å²) in [6.45, 7) is 0.415. The number of aliphatic imine (C=N–C) groups is 1. The number of benzene rings is 2. The minimum atomic E-state index is -0.358. The molecule has 0 saturated carbocycles. The zero-order chi connectivity index (χ0) is 20.8. The summed E-state index contributed by atoms with van der Waals surface area (Å²) in [7, 11) is 0. The highest BCUT2D eigenvalue weighted by Gasteiger charge is 2.12. The largest absolute Gasteiger partial charge is 0.387 e.